The fourth-order valence-electron chi connectivity index (χ4n) is 2.11. The molecule has 0 aliphatic carbocycles. The summed E-state index contributed by atoms with van der Waals surface area (Å²) in [4.78, 5) is 0. The molecule has 0 fully saturated rings. The van der Waals surface area contributed by atoms with Crippen LogP contribution < -0.4 is 5.73 Å². The predicted molar refractivity (Wildman–Crippen MR) is 83.6 cm³/mol. The van der Waals surface area contributed by atoms with E-state index in [9.17, 15) is 4.39 Å². The summed E-state index contributed by atoms with van der Waals surface area (Å²) in [6.45, 7) is 2.03. The van der Waals surface area contributed by atoms with Gasteiger partial charge in [-0.2, -0.15) is 0 Å². The Morgan fingerprint density at radius 3 is 2.63 bits per heavy atom. The SMILES string of the molecule is Cc1cc(Br)ccc1C(N)Cc1cccc(F)c1Br. The molecule has 0 bridgehead atoms. The van der Waals surface area contributed by atoms with Crippen LogP contribution in [0.1, 0.15) is 22.7 Å². The molecule has 0 amide bonds. The summed E-state index contributed by atoms with van der Waals surface area (Å²) in [5.41, 5.74) is 9.34. The van der Waals surface area contributed by atoms with E-state index in [4.69, 9.17) is 5.73 Å². The van der Waals surface area contributed by atoms with E-state index in [1.807, 2.05) is 31.2 Å². The second-order valence-electron chi connectivity index (χ2n) is 4.52. The van der Waals surface area contributed by atoms with Gasteiger partial charge >= 0.3 is 0 Å². The van der Waals surface area contributed by atoms with Gasteiger partial charge in [0, 0.05) is 10.5 Å². The summed E-state index contributed by atoms with van der Waals surface area (Å²) in [7, 11) is 0. The van der Waals surface area contributed by atoms with E-state index in [1.54, 1.807) is 6.07 Å². The first-order valence-electron chi connectivity index (χ1n) is 5.93. The third-order valence-corrected chi connectivity index (χ3v) is 4.48. The van der Waals surface area contributed by atoms with Crippen LogP contribution in [0.2, 0.25) is 0 Å². The maximum Gasteiger partial charge on any atom is 0.137 e. The minimum Gasteiger partial charge on any atom is -0.324 e. The lowest BCUT2D eigenvalue weighted by atomic mass is 9.96. The zero-order valence-electron chi connectivity index (χ0n) is 10.5. The molecule has 0 aliphatic heterocycles. The average molecular weight is 387 g/mol. The molecule has 1 nitrogen and oxygen atoms in total. The van der Waals surface area contributed by atoms with Gasteiger partial charge in [0.15, 0.2) is 0 Å². The van der Waals surface area contributed by atoms with Crippen molar-refractivity contribution in [2.75, 3.05) is 0 Å². The lowest BCUT2D eigenvalue weighted by Gasteiger charge is -2.16. The Morgan fingerprint density at radius 2 is 1.95 bits per heavy atom. The molecule has 0 saturated heterocycles. The Bertz CT molecular complexity index is 599. The first-order chi connectivity index (χ1) is 8.99. The van der Waals surface area contributed by atoms with E-state index >= 15 is 0 Å². The Hall–Kier alpha value is -0.710. The molecular weight excluding hydrogens is 373 g/mol. The zero-order valence-corrected chi connectivity index (χ0v) is 13.6. The first-order valence-corrected chi connectivity index (χ1v) is 7.52. The molecule has 2 N–H and O–H groups in total. The Kier molecular flexibility index (Phi) is 4.76. The molecule has 0 saturated carbocycles. The van der Waals surface area contributed by atoms with Gasteiger partial charge in [-0.1, -0.05) is 34.1 Å². The molecule has 0 aromatic heterocycles. The van der Waals surface area contributed by atoms with Gasteiger partial charge in [0.2, 0.25) is 0 Å². The van der Waals surface area contributed by atoms with Crippen LogP contribution in [0, 0.1) is 12.7 Å². The van der Waals surface area contributed by atoms with Crippen LogP contribution in [0.5, 0.6) is 0 Å². The van der Waals surface area contributed by atoms with Crippen molar-refractivity contribution in [3.05, 3.63) is 67.9 Å². The number of aryl methyl sites for hydroxylation is 1. The molecule has 100 valence electrons. The number of halogens is 3. The maximum atomic E-state index is 13.5. The van der Waals surface area contributed by atoms with E-state index in [0.29, 0.717) is 10.9 Å². The van der Waals surface area contributed by atoms with Crippen molar-refractivity contribution in [3.63, 3.8) is 0 Å². The maximum absolute atomic E-state index is 13.5. The van der Waals surface area contributed by atoms with E-state index in [1.165, 1.54) is 6.07 Å². The van der Waals surface area contributed by atoms with Crippen LogP contribution in [0.4, 0.5) is 4.39 Å². The molecule has 0 radical (unpaired) electrons. The Morgan fingerprint density at radius 1 is 1.21 bits per heavy atom. The molecule has 1 unspecified atom stereocenters. The van der Waals surface area contributed by atoms with Gasteiger partial charge in [-0.3, -0.25) is 0 Å². The van der Waals surface area contributed by atoms with Gasteiger partial charge in [0.1, 0.15) is 5.82 Å². The number of rotatable bonds is 3. The van der Waals surface area contributed by atoms with Gasteiger partial charge in [-0.15, -0.1) is 0 Å². The minimum atomic E-state index is -0.253. The molecule has 0 heterocycles. The predicted octanol–water partition coefficient (Wildman–Crippen LogP) is 4.90. The zero-order chi connectivity index (χ0) is 14.0. The molecule has 1 atom stereocenters. The summed E-state index contributed by atoms with van der Waals surface area (Å²) < 4.78 is 15.0. The third-order valence-electron chi connectivity index (χ3n) is 3.10. The molecule has 2 aromatic carbocycles. The van der Waals surface area contributed by atoms with Crippen molar-refractivity contribution in [1.29, 1.82) is 0 Å². The highest BCUT2D eigenvalue weighted by atomic mass is 79.9. The average Bonchev–Trinajstić information content (AvgIpc) is 2.34. The summed E-state index contributed by atoms with van der Waals surface area (Å²) in [5, 5.41) is 0. The normalized spacial score (nSPS) is 12.5. The van der Waals surface area contributed by atoms with Crippen LogP contribution in [0.15, 0.2) is 45.3 Å². The second kappa shape index (κ2) is 6.16. The second-order valence-corrected chi connectivity index (χ2v) is 6.23. The highest BCUT2D eigenvalue weighted by Crippen LogP contribution is 2.27. The number of hydrogen-bond acceptors (Lipinski definition) is 1. The molecule has 0 spiro atoms. The van der Waals surface area contributed by atoms with Crippen LogP contribution >= 0.6 is 31.9 Å². The Labute approximate surface area is 129 Å². The van der Waals surface area contributed by atoms with E-state index in [-0.39, 0.29) is 11.9 Å². The van der Waals surface area contributed by atoms with Crippen LogP contribution in [-0.2, 0) is 6.42 Å². The van der Waals surface area contributed by atoms with Crippen LogP contribution in [0.3, 0.4) is 0 Å². The van der Waals surface area contributed by atoms with E-state index in [2.05, 4.69) is 31.9 Å². The van der Waals surface area contributed by atoms with Gasteiger partial charge in [0.05, 0.1) is 4.47 Å². The highest BCUT2D eigenvalue weighted by Gasteiger charge is 2.13. The van der Waals surface area contributed by atoms with Gasteiger partial charge < -0.3 is 5.73 Å². The smallest absolute Gasteiger partial charge is 0.137 e. The first kappa shape index (κ1) is 14.7. The topological polar surface area (TPSA) is 26.0 Å². The lowest BCUT2D eigenvalue weighted by molar-refractivity contribution is 0.614. The fraction of sp³-hybridized carbons (Fsp3) is 0.200. The minimum absolute atomic E-state index is 0.147. The van der Waals surface area contributed by atoms with Crippen molar-refractivity contribution >= 4 is 31.9 Å². The third kappa shape index (κ3) is 3.44. The molecule has 0 aliphatic rings. The lowest BCUT2D eigenvalue weighted by Crippen LogP contribution is -2.15. The molecule has 4 heteroatoms. The van der Waals surface area contributed by atoms with Crippen LogP contribution in [-0.4, -0.2) is 0 Å². The molecule has 19 heavy (non-hydrogen) atoms. The quantitative estimate of drug-likeness (QED) is 0.797. The Balaban J connectivity index is 2.25. The number of nitrogens with two attached hydrogens (primary N) is 1. The van der Waals surface area contributed by atoms with Crippen molar-refractivity contribution in [2.24, 2.45) is 5.73 Å². The monoisotopic (exact) mass is 385 g/mol. The van der Waals surface area contributed by atoms with Gasteiger partial charge in [-0.05, 0) is 64.2 Å². The van der Waals surface area contributed by atoms with Crippen molar-refractivity contribution in [1.82, 2.24) is 0 Å². The van der Waals surface area contributed by atoms with Crippen molar-refractivity contribution in [3.8, 4) is 0 Å². The molecule has 2 aromatic rings. The summed E-state index contributed by atoms with van der Waals surface area (Å²) in [6.07, 6.45) is 0.598. The number of benzene rings is 2. The molecule has 2 rings (SSSR count). The standard InChI is InChI=1S/C15H14Br2FN/c1-9-7-11(16)5-6-12(9)14(19)8-10-3-2-4-13(18)15(10)17/h2-7,14H,8,19H2,1H3. The van der Waals surface area contributed by atoms with Crippen molar-refractivity contribution in [2.45, 2.75) is 19.4 Å². The fourth-order valence-corrected chi connectivity index (χ4v) is 3.01. The largest absolute Gasteiger partial charge is 0.324 e. The summed E-state index contributed by atoms with van der Waals surface area (Å²) >= 11 is 6.71. The summed E-state index contributed by atoms with van der Waals surface area (Å²) in [5.74, 6) is -0.253. The summed E-state index contributed by atoms with van der Waals surface area (Å²) in [6, 6.07) is 10.9. The van der Waals surface area contributed by atoms with E-state index < -0.39 is 0 Å². The van der Waals surface area contributed by atoms with Gasteiger partial charge in [-0.25, -0.2) is 4.39 Å². The number of hydrogen-bond donors (Lipinski definition) is 1. The van der Waals surface area contributed by atoms with Gasteiger partial charge in [0.25, 0.3) is 0 Å². The molecular formula is C15H14Br2FN. The van der Waals surface area contributed by atoms with Crippen molar-refractivity contribution < 1.29 is 4.39 Å². The van der Waals surface area contributed by atoms with Crippen LogP contribution in [0.25, 0.3) is 0 Å². The van der Waals surface area contributed by atoms with E-state index in [0.717, 1.165) is 21.2 Å². The highest BCUT2D eigenvalue weighted by molar-refractivity contribution is 9.10.